The van der Waals surface area contributed by atoms with Crippen LogP contribution in [0.4, 0.5) is 0 Å². The van der Waals surface area contributed by atoms with Crippen molar-refractivity contribution in [3.8, 4) is 6.07 Å². The van der Waals surface area contributed by atoms with Gasteiger partial charge in [0.1, 0.15) is 11.6 Å². The van der Waals surface area contributed by atoms with Crippen LogP contribution in [0.25, 0.3) is 0 Å². The third kappa shape index (κ3) is 7.67. The summed E-state index contributed by atoms with van der Waals surface area (Å²) in [7, 11) is 0. The number of carbonyl (C=O) groups is 2. The van der Waals surface area contributed by atoms with Gasteiger partial charge < -0.3 is 15.7 Å². The number of carboxylic acids is 1. The van der Waals surface area contributed by atoms with Gasteiger partial charge in [-0.1, -0.05) is 29.8 Å². The van der Waals surface area contributed by atoms with E-state index >= 15 is 0 Å². The molecule has 23 heavy (non-hydrogen) atoms. The molecule has 0 aromatic heterocycles. The summed E-state index contributed by atoms with van der Waals surface area (Å²) < 4.78 is 0. The molecule has 0 saturated heterocycles. The van der Waals surface area contributed by atoms with Gasteiger partial charge in [0.15, 0.2) is 0 Å². The van der Waals surface area contributed by atoms with E-state index in [1.807, 2.05) is 31.2 Å². The number of amides is 1. The third-order valence-corrected chi connectivity index (χ3v) is 3.10. The molecular formula is C17H21N3O3. The van der Waals surface area contributed by atoms with Crippen molar-refractivity contribution in [1.29, 1.82) is 5.26 Å². The highest BCUT2D eigenvalue weighted by Crippen LogP contribution is 2.04. The Bertz CT molecular complexity index is 618. The minimum absolute atomic E-state index is 0.0133. The summed E-state index contributed by atoms with van der Waals surface area (Å²) in [5, 5.41) is 23.0. The molecular weight excluding hydrogens is 294 g/mol. The van der Waals surface area contributed by atoms with Crippen LogP contribution < -0.4 is 10.6 Å². The Morgan fingerprint density at radius 2 is 2.13 bits per heavy atom. The number of aliphatic carboxylic acids is 1. The number of benzene rings is 1. The van der Waals surface area contributed by atoms with Crippen LogP contribution in [0.5, 0.6) is 0 Å². The maximum Gasteiger partial charge on any atom is 0.303 e. The molecule has 0 bridgehead atoms. The number of hydrogen-bond donors (Lipinski definition) is 3. The molecule has 0 spiro atoms. The average Bonchev–Trinajstić information content (AvgIpc) is 2.51. The van der Waals surface area contributed by atoms with Crippen LogP contribution in [0.3, 0.4) is 0 Å². The molecule has 0 saturated carbocycles. The van der Waals surface area contributed by atoms with Crippen molar-refractivity contribution in [2.45, 2.75) is 26.2 Å². The lowest BCUT2D eigenvalue weighted by Crippen LogP contribution is -2.27. The summed E-state index contributed by atoms with van der Waals surface area (Å²) in [6, 6.07) is 9.96. The van der Waals surface area contributed by atoms with E-state index in [1.165, 1.54) is 17.3 Å². The molecule has 1 amide bonds. The van der Waals surface area contributed by atoms with Crippen LogP contribution in [-0.4, -0.2) is 30.1 Å². The van der Waals surface area contributed by atoms with E-state index in [9.17, 15) is 9.59 Å². The number of nitrogens with one attached hydrogen (secondary N) is 2. The SMILES string of the molecule is Cc1cccc(CCN/C=C(/C#N)C(=O)NCCCC(=O)O)c1. The number of hydrogen-bond acceptors (Lipinski definition) is 4. The molecule has 0 aliphatic rings. The van der Waals surface area contributed by atoms with Crippen LogP contribution in [-0.2, 0) is 16.0 Å². The highest BCUT2D eigenvalue weighted by atomic mass is 16.4. The van der Waals surface area contributed by atoms with Crippen molar-refractivity contribution in [3.63, 3.8) is 0 Å². The van der Waals surface area contributed by atoms with Gasteiger partial charge in [0.05, 0.1) is 0 Å². The van der Waals surface area contributed by atoms with Crippen molar-refractivity contribution < 1.29 is 14.7 Å². The molecule has 0 fully saturated rings. The quantitative estimate of drug-likeness (QED) is 0.364. The minimum Gasteiger partial charge on any atom is -0.481 e. The predicted octanol–water partition coefficient (Wildman–Crippen LogP) is 1.52. The van der Waals surface area contributed by atoms with Crippen LogP contribution >= 0.6 is 0 Å². The van der Waals surface area contributed by atoms with E-state index in [4.69, 9.17) is 10.4 Å². The number of carboxylic acid groups (broad SMARTS) is 1. The molecule has 0 aliphatic heterocycles. The summed E-state index contributed by atoms with van der Waals surface area (Å²) in [4.78, 5) is 22.1. The monoisotopic (exact) mass is 315 g/mol. The van der Waals surface area contributed by atoms with Crippen molar-refractivity contribution >= 4 is 11.9 Å². The predicted molar refractivity (Wildman–Crippen MR) is 86.5 cm³/mol. The smallest absolute Gasteiger partial charge is 0.303 e. The fraction of sp³-hybridized carbons (Fsp3) is 0.353. The van der Waals surface area contributed by atoms with Gasteiger partial charge in [-0.25, -0.2) is 0 Å². The average molecular weight is 315 g/mol. The molecule has 6 nitrogen and oxygen atoms in total. The van der Waals surface area contributed by atoms with Crippen molar-refractivity contribution in [1.82, 2.24) is 10.6 Å². The van der Waals surface area contributed by atoms with Crippen LogP contribution in [0.1, 0.15) is 24.0 Å². The molecule has 3 N–H and O–H groups in total. The van der Waals surface area contributed by atoms with Crippen molar-refractivity contribution in [2.24, 2.45) is 0 Å². The Labute approximate surface area is 135 Å². The van der Waals surface area contributed by atoms with E-state index in [1.54, 1.807) is 0 Å². The zero-order valence-corrected chi connectivity index (χ0v) is 13.1. The first-order chi connectivity index (χ1) is 11.0. The summed E-state index contributed by atoms with van der Waals surface area (Å²) in [6.45, 7) is 2.87. The Morgan fingerprint density at radius 3 is 2.78 bits per heavy atom. The maximum atomic E-state index is 11.7. The minimum atomic E-state index is -0.909. The zero-order chi connectivity index (χ0) is 17.1. The Hall–Kier alpha value is -2.81. The fourth-order valence-corrected chi connectivity index (χ4v) is 1.94. The molecule has 0 aliphatic carbocycles. The first-order valence-electron chi connectivity index (χ1n) is 7.42. The lowest BCUT2D eigenvalue weighted by Gasteiger charge is -2.05. The van der Waals surface area contributed by atoms with Gasteiger partial charge in [0.25, 0.3) is 5.91 Å². The first kappa shape index (κ1) is 18.2. The van der Waals surface area contributed by atoms with Gasteiger partial charge in [-0.05, 0) is 25.3 Å². The molecule has 6 heteroatoms. The Balaban J connectivity index is 2.35. The molecule has 1 aromatic carbocycles. The fourth-order valence-electron chi connectivity index (χ4n) is 1.94. The number of nitrogens with zero attached hydrogens (tertiary/aromatic N) is 1. The normalized spacial score (nSPS) is 10.7. The Kier molecular flexibility index (Phi) is 7.94. The molecule has 0 radical (unpaired) electrons. The lowest BCUT2D eigenvalue weighted by molar-refractivity contribution is -0.137. The van der Waals surface area contributed by atoms with E-state index in [2.05, 4.69) is 16.7 Å². The van der Waals surface area contributed by atoms with Crippen LogP contribution in [0.15, 0.2) is 36.0 Å². The lowest BCUT2D eigenvalue weighted by atomic mass is 10.1. The standard InChI is InChI=1S/C17H21N3O3/c1-13-4-2-5-14(10-13)7-9-19-12-15(11-18)17(23)20-8-3-6-16(21)22/h2,4-5,10,12,19H,3,6-9H2,1H3,(H,20,23)(H,21,22)/b15-12-. The van der Waals surface area contributed by atoms with Crippen LogP contribution in [0, 0.1) is 18.3 Å². The topological polar surface area (TPSA) is 102 Å². The molecule has 1 aromatic rings. The third-order valence-electron chi connectivity index (χ3n) is 3.10. The van der Waals surface area contributed by atoms with Gasteiger partial charge in [-0.15, -0.1) is 0 Å². The van der Waals surface area contributed by atoms with Crippen molar-refractivity contribution in [3.05, 3.63) is 47.2 Å². The van der Waals surface area contributed by atoms with Gasteiger partial charge in [-0.3, -0.25) is 9.59 Å². The molecule has 0 atom stereocenters. The number of nitriles is 1. The van der Waals surface area contributed by atoms with E-state index in [0.29, 0.717) is 13.0 Å². The summed E-state index contributed by atoms with van der Waals surface area (Å²) >= 11 is 0. The number of aryl methyl sites for hydroxylation is 1. The summed E-state index contributed by atoms with van der Waals surface area (Å²) in [5.74, 6) is -1.41. The molecule has 0 heterocycles. The van der Waals surface area contributed by atoms with Gasteiger partial charge in [0, 0.05) is 25.7 Å². The molecule has 0 unspecified atom stereocenters. The van der Waals surface area contributed by atoms with E-state index in [-0.39, 0.29) is 18.5 Å². The highest BCUT2D eigenvalue weighted by Gasteiger charge is 2.08. The molecule has 122 valence electrons. The Morgan fingerprint density at radius 1 is 1.35 bits per heavy atom. The zero-order valence-electron chi connectivity index (χ0n) is 13.1. The maximum absolute atomic E-state index is 11.7. The van der Waals surface area contributed by atoms with Crippen LogP contribution in [0.2, 0.25) is 0 Å². The first-order valence-corrected chi connectivity index (χ1v) is 7.42. The summed E-state index contributed by atoms with van der Waals surface area (Å²) in [5.41, 5.74) is 2.35. The second-order valence-electron chi connectivity index (χ2n) is 5.12. The van der Waals surface area contributed by atoms with Gasteiger partial charge >= 0.3 is 5.97 Å². The number of rotatable bonds is 9. The van der Waals surface area contributed by atoms with Gasteiger partial charge in [0.2, 0.25) is 0 Å². The second-order valence-corrected chi connectivity index (χ2v) is 5.12. The number of carbonyl (C=O) groups excluding carboxylic acids is 1. The van der Waals surface area contributed by atoms with E-state index in [0.717, 1.165) is 6.42 Å². The van der Waals surface area contributed by atoms with Crippen molar-refractivity contribution in [2.75, 3.05) is 13.1 Å². The molecule has 1 rings (SSSR count). The van der Waals surface area contributed by atoms with Gasteiger partial charge in [-0.2, -0.15) is 5.26 Å². The van der Waals surface area contributed by atoms with E-state index < -0.39 is 11.9 Å². The largest absolute Gasteiger partial charge is 0.481 e. The summed E-state index contributed by atoms with van der Waals surface area (Å²) in [6.07, 6.45) is 2.50. The highest BCUT2D eigenvalue weighted by molar-refractivity contribution is 5.97. The second kappa shape index (κ2) is 10.0.